The Bertz CT molecular complexity index is 562. The summed E-state index contributed by atoms with van der Waals surface area (Å²) in [7, 11) is 0. The van der Waals surface area contributed by atoms with E-state index in [4.69, 9.17) is 0 Å². The van der Waals surface area contributed by atoms with Crippen molar-refractivity contribution in [2.24, 2.45) is 0 Å². The van der Waals surface area contributed by atoms with Crippen LogP contribution in [0.4, 0.5) is 4.39 Å². The van der Waals surface area contributed by atoms with Crippen molar-refractivity contribution < 1.29 is 4.39 Å². The molecule has 1 fully saturated rings. The zero-order chi connectivity index (χ0) is 13.8. The van der Waals surface area contributed by atoms with E-state index < -0.39 is 0 Å². The molecule has 1 saturated heterocycles. The zero-order valence-corrected chi connectivity index (χ0v) is 11.5. The van der Waals surface area contributed by atoms with Gasteiger partial charge in [-0.25, -0.2) is 4.39 Å². The molecule has 0 radical (unpaired) electrons. The number of hydrogen-bond donors (Lipinski definition) is 1. The normalized spacial score (nSPS) is 16.2. The Labute approximate surface area is 119 Å². The molecule has 3 rings (SSSR count). The van der Waals surface area contributed by atoms with Crippen LogP contribution in [-0.4, -0.2) is 31.1 Å². The van der Waals surface area contributed by atoms with Crippen LogP contribution in [0.5, 0.6) is 0 Å². The van der Waals surface area contributed by atoms with Crippen molar-refractivity contribution in [1.82, 2.24) is 10.2 Å². The van der Waals surface area contributed by atoms with Gasteiger partial charge >= 0.3 is 0 Å². The lowest BCUT2D eigenvalue weighted by molar-refractivity contribution is 0.230. The van der Waals surface area contributed by atoms with Gasteiger partial charge in [0.05, 0.1) is 0 Å². The molecule has 2 aromatic rings. The van der Waals surface area contributed by atoms with Crippen LogP contribution in [0.3, 0.4) is 0 Å². The number of nitrogens with zero attached hydrogens (tertiary/aromatic N) is 1. The van der Waals surface area contributed by atoms with E-state index in [0.717, 1.165) is 42.9 Å². The molecule has 20 heavy (non-hydrogen) atoms. The summed E-state index contributed by atoms with van der Waals surface area (Å²) >= 11 is 0. The Balaban J connectivity index is 1.77. The molecule has 2 nitrogen and oxygen atoms in total. The Morgan fingerprint density at radius 2 is 1.70 bits per heavy atom. The minimum atomic E-state index is -0.107. The van der Waals surface area contributed by atoms with E-state index in [9.17, 15) is 4.39 Å². The van der Waals surface area contributed by atoms with Crippen molar-refractivity contribution in [2.45, 2.75) is 6.54 Å². The summed E-state index contributed by atoms with van der Waals surface area (Å²) in [6, 6.07) is 15.5. The van der Waals surface area contributed by atoms with E-state index >= 15 is 0 Å². The molecule has 0 unspecified atom stereocenters. The second kappa shape index (κ2) is 6.16. The summed E-state index contributed by atoms with van der Waals surface area (Å²) in [4.78, 5) is 2.29. The second-order valence-corrected chi connectivity index (χ2v) is 5.20. The Hall–Kier alpha value is -1.71. The monoisotopic (exact) mass is 270 g/mol. The van der Waals surface area contributed by atoms with Crippen molar-refractivity contribution in [2.75, 3.05) is 26.2 Å². The molecule has 0 saturated carbocycles. The molecule has 0 aliphatic carbocycles. The van der Waals surface area contributed by atoms with E-state index in [1.807, 2.05) is 42.5 Å². The average molecular weight is 270 g/mol. The third-order valence-corrected chi connectivity index (χ3v) is 3.76. The minimum Gasteiger partial charge on any atom is -0.314 e. The topological polar surface area (TPSA) is 15.3 Å². The summed E-state index contributed by atoms with van der Waals surface area (Å²) < 4.78 is 14.2. The number of hydrogen-bond acceptors (Lipinski definition) is 2. The van der Waals surface area contributed by atoms with Gasteiger partial charge in [-0.15, -0.1) is 0 Å². The first kappa shape index (κ1) is 13.3. The molecule has 0 bridgehead atoms. The van der Waals surface area contributed by atoms with E-state index in [2.05, 4.69) is 10.2 Å². The number of benzene rings is 2. The summed E-state index contributed by atoms with van der Waals surface area (Å²) in [6.07, 6.45) is 0. The van der Waals surface area contributed by atoms with Crippen LogP contribution in [0.15, 0.2) is 48.5 Å². The molecular formula is C17H19FN2. The van der Waals surface area contributed by atoms with Crippen molar-refractivity contribution in [3.8, 4) is 11.1 Å². The van der Waals surface area contributed by atoms with Gasteiger partial charge in [-0.1, -0.05) is 42.5 Å². The van der Waals surface area contributed by atoms with Gasteiger partial charge in [0.25, 0.3) is 0 Å². The molecule has 0 amide bonds. The standard InChI is InChI=1S/C17H19FN2/c18-17-12-15(14-4-2-1-3-5-14)6-7-16(17)13-20-10-8-19-9-11-20/h1-7,12,19H,8-11,13H2. The Kier molecular flexibility index (Phi) is 4.09. The Morgan fingerprint density at radius 3 is 2.40 bits per heavy atom. The van der Waals surface area contributed by atoms with Crippen LogP contribution in [0.1, 0.15) is 5.56 Å². The molecule has 104 valence electrons. The van der Waals surface area contributed by atoms with E-state index in [1.54, 1.807) is 6.07 Å². The van der Waals surface area contributed by atoms with Crippen LogP contribution in [0.25, 0.3) is 11.1 Å². The third kappa shape index (κ3) is 3.06. The van der Waals surface area contributed by atoms with E-state index in [1.165, 1.54) is 0 Å². The summed E-state index contributed by atoms with van der Waals surface area (Å²) in [5.41, 5.74) is 2.78. The fourth-order valence-corrected chi connectivity index (χ4v) is 2.60. The van der Waals surface area contributed by atoms with Crippen LogP contribution in [-0.2, 0) is 6.54 Å². The number of rotatable bonds is 3. The lowest BCUT2D eigenvalue weighted by atomic mass is 10.0. The highest BCUT2D eigenvalue weighted by molar-refractivity contribution is 5.63. The van der Waals surface area contributed by atoms with Gasteiger partial charge in [-0.3, -0.25) is 4.90 Å². The lowest BCUT2D eigenvalue weighted by Gasteiger charge is -2.27. The van der Waals surface area contributed by atoms with Crippen molar-refractivity contribution >= 4 is 0 Å². The highest BCUT2D eigenvalue weighted by atomic mass is 19.1. The molecule has 1 aliphatic rings. The maximum absolute atomic E-state index is 14.2. The predicted octanol–water partition coefficient (Wildman–Crippen LogP) is 2.90. The first-order chi connectivity index (χ1) is 9.83. The maximum Gasteiger partial charge on any atom is 0.128 e. The highest BCUT2D eigenvalue weighted by Crippen LogP contribution is 2.22. The third-order valence-electron chi connectivity index (χ3n) is 3.76. The van der Waals surface area contributed by atoms with Crippen LogP contribution >= 0.6 is 0 Å². The summed E-state index contributed by atoms with van der Waals surface area (Å²) in [6.45, 7) is 4.65. The van der Waals surface area contributed by atoms with Crippen LogP contribution in [0, 0.1) is 5.82 Å². The van der Waals surface area contributed by atoms with Gasteiger partial charge in [-0.2, -0.15) is 0 Å². The molecule has 1 aliphatic heterocycles. The van der Waals surface area contributed by atoms with Gasteiger partial charge in [0.1, 0.15) is 5.82 Å². The molecular weight excluding hydrogens is 251 g/mol. The highest BCUT2D eigenvalue weighted by Gasteiger charge is 2.12. The molecule has 3 heteroatoms. The van der Waals surface area contributed by atoms with Crippen molar-refractivity contribution in [1.29, 1.82) is 0 Å². The smallest absolute Gasteiger partial charge is 0.128 e. The predicted molar refractivity (Wildman–Crippen MR) is 80.0 cm³/mol. The van der Waals surface area contributed by atoms with Gasteiger partial charge in [0, 0.05) is 38.3 Å². The van der Waals surface area contributed by atoms with Gasteiger partial charge in [0.2, 0.25) is 0 Å². The van der Waals surface area contributed by atoms with Crippen molar-refractivity contribution in [3.05, 3.63) is 59.9 Å². The summed E-state index contributed by atoms with van der Waals surface area (Å²) in [5.74, 6) is -0.107. The largest absolute Gasteiger partial charge is 0.314 e. The van der Waals surface area contributed by atoms with E-state index in [0.29, 0.717) is 6.54 Å². The molecule has 0 atom stereocenters. The fourth-order valence-electron chi connectivity index (χ4n) is 2.60. The van der Waals surface area contributed by atoms with Crippen LogP contribution in [0.2, 0.25) is 0 Å². The number of nitrogens with one attached hydrogen (secondary N) is 1. The zero-order valence-electron chi connectivity index (χ0n) is 11.5. The molecule has 1 N–H and O–H groups in total. The minimum absolute atomic E-state index is 0.107. The summed E-state index contributed by atoms with van der Waals surface area (Å²) in [5, 5.41) is 3.31. The first-order valence-electron chi connectivity index (χ1n) is 7.10. The van der Waals surface area contributed by atoms with E-state index in [-0.39, 0.29) is 5.82 Å². The SMILES string of the molecule is Fc1cc(-c2ccccc2)ccc1CN1CCNCC1. The molecule has 0 aromatic heterocycles. The number of halogens is 1. The second-order valence-electron chi connectivity index (χ2n) is 5.20. The van der Waals surface area contributed by atoms with Crippen LogP contribution < -0.4 is 5.32 Å². The van der Waals surface area contributed by atoms with Crippen molar-refractivity contribution in [3.63, 3.8) is 0 Å². The fraction of sp³-hybridized carbons (Fsp3) is 0.294. The molecule has 1 heterocycles. The molecule has 0 spiro atoms. The van der Waals surface area contributed by atoms with Gasteiger partial charge < -0.3 is 5.32 Å². The molecule has 2 aromatic carbocycles. The first-order valence-corrected chi connectivity index (χ1v) is 7.10. The number of piperazine rings is 1. The maximum atomic E-state index is 14.2. The Morgan fingerprint density at radius 1 is 0.950 bits per heavy atom. The van der Waals surface area contributed by atoms with Gasteiger partial charge in [0.15, 0.2) is 0 Å². The average Bonchev–Trinajstić information content (AvgIpc) is 2.51. The van der Waals surface area contributed by atoms with Gasteiger partial charge in [-0.05, 0) is 17.2 Å². The quantitative estimate of drug-likeness (QED) is 0.922. The lowest BCUT2D eigenvalue weighted by Crippen LogP contribution is -2.43.